The minimum absolute atomic E-state index is 0.153. The highest BCUT2D eigenvalue weighted by molar-refractivity contribution is 9.10. The Balaban J connectivity index is 1.74. The predicted molar refractivity (Wildman–Crippen MR) is 139 cm³/mol. The van der Waals surface area contributed by atoms with Gasteiger partial charge in [0.15, 0.2) is 4.90 Å². The molecule has 0 bridgehead atoms. The van der Waals surface area contributed by atoms with Gasteiger partial charge in [-0.1, -0.05) is 29.3 Å². The van der Waals surface area contributed by atoms with Gasteiger partial charge in [0, 0.05) is 30.3 Å². The predicted octanol–water partition coefficient (Wildman–Crippen LogP) is 3.87. The maximum atomic E-state index is 14.0. The average molecular weight is 637 g/mol. The zero-order valence-corrected chi connectivity index (χ0v) is 23.4. The van der Waals surface area contributed by atoms with E-state index in [1.807, 2.05) is 11.8 Å². The van der Waals surface area contributed by atoms with E-state index >= 15 is 0 Å². The fourth-order valence-corrected chi connectivity index (χ4v) is 6.46. The van der Waals surface area contributed by atoms with Gasteiger partial charge in [0.25, 0.3) is 10.0 Å². The number of unbranched alkanes of at least 4 members (excludes halogenated alkanes) is 1. The third-order valence-corrected chi connectivity index (χ3v) is 8.67. The number of halogens is 4. The third-order valence-electron chi connectivity index (χ3n) is 6.40. The lowest BCUT2D eigenvalue weighted by Gasteiger charge is -2.48. The molecule has 10 nitrogen and oxygen atoms in total. The quantitative estimate of drug-likeness (QED) is 0.435. The average Bonchev–Trinajstić information content (AvgIpc) is 2.90. The number of anilines is 2. The Morgan fingerprint density at radius 2 is 1.95 bits per heavy atom. The minimum Gasteiger partial charge on any atom is -0.474 e. The van der Waals surface area contributed by atoms with E-state index in [9.17, 15) is 26.4 Å². The molecule has 1 fully saturated rings. The van der Waals surface area contributed by atoms with E-state index in [1.165, 1.54) is 4.90 Å². The highest BCUT2D eigenvalue weighted by atomic mass is 79.9. The van der Waals surface area contributed by atoms with Crippen LogP contribution >= 0.6 is 15.9 Å². The highest BCUT2D eigenvalue weighted by Gasteiger charge is 2.43. The number of rotatable bonds is 8. The zero-order chi connectivity index (χ0) is 28.4. The third kappa shape index (κ3) is 6.19. The second-order valence-corrected chi connectivity index (χ2v) is 11.8. The van der Waals surface area contributed by atoms with Gasteiger partial charge in [-0.15, -0.1) is 0 Å². The molecular formula is C24H28BrF3N4O6S. The number of pyridine rings is 1. The molecule has 1 amide bonds. The molecule has 0 spiro atoms. The molecule has 1 atom stereocenters. The first kappa shape index (κ1) is 29.2. The monoisotopic (exact) mass is 636 g/mol. The van der Waals surface area contributed by atoms with Crippen molar-refractivity contribution in [3.05, 3.63) is 40.5 Å². The zero-order valence-electron chi connectivity index (χ0n) is 21.0. The number of carbonyl (C=O) groups excluding carboxylic acids is 1. The summed E-state index contributed by atoms with van der Waals surface area (Å²) in [5, 5.41) is 9.14. The van der Waals surface area contributed by atoms with Gasteiger partial charge in [0.05, 0.1) is 42.7 Å². The van der Waals surface area contributed by atoms with Crippen LogP contribution in [0.2, 0.25) is 0 Å². The van der Waals surface area contributed by atoms with Crippen LogP contribution in [-0.4, -0.2) is 81.5 Å². The summed E-state index contributed by atoms with van der Waals surface area (Å²) in [5.41, 5.74) is -0.455. The first-order chi connectivity index (χ1) is 18.5. The number of aliphatic hydroxyl groups excluding tert-OH is 1. The number of aliphatic hydroxyl groups is 1. The number of aromatic nitrogens is 1. The summed E-state index contributed by atoms with van der Waals surface area (Å²) in [4.78, 5) is 18.9. The number of hydrogen-bond acceptors (Lipinski definition) is 8. The lowest BCUT2D eigenvalue weighted by atomic mass is 10.1. The Morgan fingerprint density at radius 3 is 2.64 bits per heavy atom. The lowest BCUT2D eigenvalue weighted by molar-refractivity contribution is -0.138. The molecule has 0 radical (unpaired) electrons. The molecule has 1 aromatic carbocycles. The maximum Gasteiger partial charge on any atom is 0.417 e. The van der Waals surface area contributed by atoms with E-state index in [-0.39, 0.29) is 32.0 Å². The number of benzene rings is 1. The van der Waals surface area contributed by atoms with Crippen LogP contribution in [0.4, 0.5) is 29.3 Å². The molecule has 3 heterocycles. The van der Waals surface area contributed by atoms with Crippen LogP contribution in [0.1, 0.15) is 25.3 Å². The van der Waals surface area contributed by atoms with Crippen molar-refractivity contribution in [2.24, 2.45) is 0 Å². The number of hydrogen-bond donors (Lipinski definition) is 1. The largest absolute Gasteiger partial charge is 0.474 e. The van der Waals surface area contributed by atoms with Gasteiger partial charge in [0.1, 0.15) is 6.61 Å². The van der Waals surface area contributed by atoms with E-state index in [0.29, 0.717) is 35.5 Å². The van der Waals surface area contributed by atoms with Gasteiger partial charge in [-0.2, -0.15) is 13.2 Å². The highest BCUT2D eigenvalue weighted by Crippen LogP contribution is 2.43. The van der Waals surface area contributed by atoms with Crippen LogP contribution in [0.5, 0.6) is 5.88 Å². The summed E-state index contributed by atoms with van der Waals surface area (Å²) < 4.78 is 80.8. The second kappa shape index (κ2) is 11.8. The molecule has 0 saturated carbocycles. The first-order valence-electron chi connectivity index (χ1n) is 12.3. The van der Waals surface area contributed by atoms with E-state index in [4.69, 9.17) is 14.6 Å². The molecule has 214 valence electrons. The summed E-state index contributed by atoms with van der Waals surface area (Å²) in [6, 6.07) is 5.01. The molecule has 2 aliphatic heterocycles. The van der Waals surface area contributed by atoms with E-state index in [2.05, 4.69) is 20.9 Å². The fourth-order valence-electron chi connectivity index (χ4n) is 4.49. The van der Waals surface area contributed by atoms with Gasteiger partial charge >= 0.3 is 12.3 Å². The van der Waals surface area contributed by atoms with Crippen LogP contribution in [0.15, 0.2) is 39.8 Å². The summed E-state index contributed by atoms with van der Waals surface area (Å²) in [6.07, 6.45) is -3.29. The molecule has 0 aliphatic carbocycles. The van der Waals surface area contributed by atoms with Crippen molar-refractivity contribution in [1.29, 1.82) is 0 Å². The normalized spacial score (nSPS) is 17.5. The van der Waals surface area contributed by atoms with Crippen molar-refractivity contribution < 1.29 is 41.0 Å². The minimum atomic E-state index is -4.85. The molecular weight excluding hydrogens is 609 g/mol. The van der Waals surface area contributed by atoms with Crippen molar-refractivity contribution in [1.82, 2.24) is 9.88 Å². The summed E-state index contributed by atoms with van der Waals surface area (Å²) >= 11 is 3.35. The first-order valence-corrected chi connectivity index (χ1v) is 14.5. The SMILES string of the molecule is CCCCOC(=O)N1CCN2c3ccc(Br)cc3N(S(=O)(=O)c3cc(C(F)(F)F)cnc3OCCO)C[C@@H]2C1. The standard InChI is InChI=1S/C24H28BrF3N4O6S/c1-2-3-9-38-23(34)30-6-7-31-18(14-30)15-32(20-12-17(25)4-5-19(20)31)39(35,36)21-11-16(24(26,27)28)13-29-22(21)37-10-8-33/h4-5,11-13,18,33H,2-3,6-10,14-15H2,1H3/t18-/m0/s1. The summed E-state index contributed by atoms with van der Waals surface area (Å²) in [6.45, 7) is 2.15. The molecule has 39 heavy (non-hydrogen) atoms. The Bertz CT molecular complexity index is 1310. The van der Waals surface area contributed by atoms with Gasteiger partial charge in [-0.05, 0) is 30.7 Å². The Kier molecular flexibility index (Phi) is 8.81. The van der Waals surface area contributed by atoms with Crippen molar-refractivity contribution in [2.45, 2.75) is 36.9 Å². The molecule has 2 aliphatic rings. The Hall–Kier alpha value is -2.78. The summed E-state index contributed by atoms with van der Waals surface area (Å²) in [7, 11) is -4.66. The molecule has 15 heteroatoms. The molecule has 1 saturated heterocycles. The number of amides is 1. The lowest BCUT2D eigenvalue weighted by Crippen LogP contribution is -2.61. The molecule has 0 unspecified atom stereocenters. The second-order valence-electron chi connectivity index (χ2n) is 9.03. The topological polar surface area (TPSA) is 113 Å². The summed E-state index contributed by atoms with van der Waals surface area (Å²) in [5.74, 6) is -0.555. The van der Waals surface area contributed by atoms with Crippen molar-refractivity contribution in [3.8, 4) is 5.88 Å². The molecule has 4 rings (SSSR count). The maximum absolute atomic E-state index is 14.0. The van der Waals surface area contributed by atoms with Crippen molar-refractivity contribution >= 4 is 43.4 Å². The molecule has 1 aromatic heterocycles. The van der Waals surface area contributed by atoms with Gasteiger partial charge < -0.3 is 24.4 Å². The fraction of sp³-hybridized carbons (Fsp3) is 0.500. The number of piperazine rings is 1. The van der Waals surface area contributed by atoms with E-state index in [0.717, 1.165) is 17.1 Å². The number of ether oxygens (including phenoxy) is 2. The van der Waals surface area contributed by atoms with Crippen LogP contribution < -0.4 is 13.9 Å². The van der Waals surface area contributed by atoms with Gasteiger partial charge in [-0.3, -0.25) is 4.31 Å². The van der Waals surface area contributed by atoms with Crippen LogP contribution in [-0.2, 0) is 20.9 Å². The van der Waals surface area contributed by atoms with Crippen LogP contribution in [0.3, 0.4) is 0 Å². The van der Waals surface area contributed by atoms with E-state index in [1.54, 1.807) is 18.2 Å². The number of carbonyl (C=O) groups is 1. The molecule has 2 aromatic rings. The number of fused-ring (bicyclic) bond motifs is 3. The Labute approximate surface area is 232 Å². The van der Waals surface area contributed by atoms with Gasteiger partial charge in [-0.25, -0.2) is 18.2 Å². The van der Waals surface area contributed by atoms with Crippen molar-refractivity contribution in [2.75, 3.05) is 55.2 Å². The Morgan fingerprint density at radius 1 is 1.18 bits per heavy atom. The molecule has 1 N–H and O–H groups in total. The van der Waals surface area contributed by atoms with Gasteiger partial charge in [0.2, 0.25) is 5.88 Å². The van der Waals surface area contributed by atoms with E-state index < -0.39 is 51.3 Å². The number of sulfonamides is 1. The van der Waals surface area contributed by atoms with Crippen molar-refractivity contribution in [3.63, 3.8) is 0 Å². The number of alkyl halides is 3. The number of nitrogens with zero attached hydrogens (tertiary/aromatic N) is 4. The van der Waals surface area contributed by atoms with Crippen LogP contribution in [0, 0.1) is 0 Å². The van der Waals surface area contributed by atoms with Crippen LogP contribution in [0.25, 0.3) is 0 Å². The smallest absolute Gasteiger partial charge is 0.417 e.